The molecular formula is C31H22S. The SMILES string of the molecule is Cc1cc(-c2ccccc2)cc2c1sc1c(-c3ccccc3)cc(-c3ccccc3)cc12. The highest BCUT2D eigenvalue weighted by atomic mass is 32.1. The van der Waals surface area contributed by atoms with Crippen LogP contribution in [-0.2, 0) is 0 Å². The quantitative estimate of drug-likeness (QED) is 0.264. The van der Waals surface area contributed by atoms with Crippen LogP contribution in [0, 0.1) is 6.92 Å². The molecule has 0 saturated heterocycles. The van der Waals surface area contributed by atoms with Crippen LogP contribution in [0.2, 0.25) is 0 Å². The molecule has 6 aromatic rings. The predicted molar refractivity (Wildman–Crippen MR) is 140 cm³/mol. The third kappa shape index (κ3) is 3.23. The summed E-state index contributed by atoms with van der Waals surface area (Å²) in [6, 6.07) is 41.6. The number of thiophene rings is 1. The third-order valence-corrected chi connectivity index (χ3v) is 7.55. The minimum atomic E-state index is 1.25. The summed E-state index contributed by atoms with van der Waals surface area (Å²) in [4.78, 5) is 0. The van der Waals surface area contributed by atoms with Crippen LogP contribution in [0.1, 0.15) is 5.56 Å². The summed E-state index contributed by atoms with van der Waals surface area (Å²) >= 11 is 1.92. The zero-order valence-corrected chi connectivity index (χ0v) is 18.7. The van der Waals surface area contributed by atoms with E-state index in [4.69, 9.17) is 0 Å². The lowest BCUT2D eigenvalue weighted by molar-refractivity contribution is 1.54. The van der Waals surface area contributed by atoms with Crippen molar-refractivity contribution in [3.05, 3.63) is 121 Å². The fourth-order valence-electron chi connectivity index (χ4n) is 4.58. The lowest BCUT2D eigenvalue weighted by Crippen LogP contribution is -1.83. The summed E-state index contributed by atoms with van der Waals surface area (Å²) in [5, 5.41) is 2.69. The second-order valence-electron chi connectivity index (χ2n) is 8.27. The van der Waals surface area contributed by atoms with Gasteiger partial charge >= 0.3 is 0 Å². The van der Waals surface area contributed by atoms with Crippen LogP contribution >= 0.6 is 11.3 Å². The first-order valence-electron chi connectivity index (χ1n) is 10.9. The van der Waals surface area contributed by atoms with Gasteiger partial charge in [-0.1, -0.05) is 91.0 Å². The Bertz CT molecular complexity index is 1540. The van der Waals surface area contributed by atoms with Crippen molar-refractivity contribution in [3.63, 3.8) is 0 Å². The number of hydrogen-bond donors (Lipinski definition) is 0. The maximum atomic E-state index is 2.38. The van der Waals surface area contributed by atoms with E-state index in [0.29, 0.717) is 0 Å². The van der Waals surface area contributed by atoms with Gasteiger partial charge in [0, 0.05) is 25.7 Å². The highest BCUT2D eigenvalue weighted by Gasteiger charge is 2.15. The summed E-state index contributed by atoms with van der Waals surface area (Å²) in [5.74, 6) is 0. The van der Waals surface area contributed by atoms with Crippen molar-refractivity contribution >= 4 is 31.5 Å². The summed E-state index contributed by atoms with van der Waals surface area (Å²) in [5.41, 5.74) is 8.97. The van der Waals surface area contributed by atoms with E-state index in [-0.39, 0.29) is 0 Å². The van der Waals surface area contributed by atoms with Crippen LogP contribution in [0.25, 0.3) is 53.6 Å². The predicted octanol–water partition coefficient (Wildman–Crippen LogP) is 9.36. The van der Waals surface area contributed by atoms with Crippen molar-refractivity contribution in [2.24, 2.45) is 0 Å². The van der Waals surface area contributed by atoms with Gasteiger partial charge in [0.05, 0.1) is 0 Å². The number of aryl methyl sites for hydroxylation is 1. The monoisotopic (exact) mass is 426 g/mol. The van der Waals surface area contributed by atoms with Gasteiger partial charge in [-0.25, -0.2) is 0 Å². The van der Waals surface area contributed by atoms with Crippen LogP contribution < -0.4 is 0 Å². The molecule has 0 fully saturated rings. The molecule has 0 aliphatic heterocycles. The second-order valence-corrected chi connectivity index (χ2v) is 9.29. The molecule has 0 aliphatic carbocycles. The average molecular weight is 427 g/mol. The van der Waals surface area contributed by atoms with Crippen LogP contribution in [0.3, 0.4) is 0 Å². The van der Waals surface area contributed by atoms with Crippen molar-refractivity contribution in [2.75, 3.05) is 0 Å². The van der Waals surface area contributed by atoms with Gasteiger partial charge in [-0.15, -0.1) is 11.3 Å². The van der Waals surface area contributed by atoms with Crippen LogP contribution in [-0.4, -0.2) is 0 Å². The Hall–Kier alpha value is -3.68. The molecule has 6 rings (SSSR count). The largest absolute Gasteiger partial charge is 0.134 e. The van der Waals surface area contributed by atoms with E-state index in [1.165, 1.54) is 59.1 Å². The summed E-state index contributed by atoms with van der Waals surface area (Å²) < 4.78 is 2.74. The fourth-order valence-corrected chi connectivity index (χ4v) is 5.85. The third-order valence-electron chi connectivity index (χ3n) is 6.16. The molecule has 0 saturated carbocycles. The molecule has 1 heterocycles. The van der Waals surface area contributed by atoms with E-state index in [1.807, 2.05) is 11.3 Å². The number of rotatable bonds is 3. The minimum absolute atomic E-state index is 1.25. The molecule has 32 heavy (non-hydrogen) atoms. The molecule has 0 nitrogen and oxygen atoms in total. The lowest BCUT2D eigenvalue weighted by atomic mass is 9.94. The normalized spacial score (nSPS) is 11.3. The highest BCUT2D eigenvalue weighted by Crippen LogP contribution is 2.44. The Balaban J connectivity index is 1.70. The van der Waals surface area contributed by atoms with E-state index in [2.05, 4.69) is 122 Å². The molecule has 152 valence electrons. The Labute approximate surface area is 192 Å². The zero-order valence-electron chi connectivity index (χ0n) is 17.9. The molecule has 0 bridgehead atoms. The van der Waals surface area contributed by atoms with Gasteiger partial charge in [-0.3, -0.25) is 0 Å². The fraction of sp³-hybridized carbons (Fsp3) is 0.0323. The molecule has 0 atom stereocenters. The lowest BCUT2D eigenvalue weighted by Gasteiger charge is -2.09. The van der Waals surface area contributed by atoms with Crippen molar-refractivity contribution in [3.8, 4) is 33.4 Å². The maximum absolute atomic E-state index is 2.38. The molecule has 0 amide bonds. The number of fused-ring (bicyclic) bond motifs is 3. The van der Waals surface area contributed by atoms with E-state index in [0.717, 1.165) is 0 Å². The van der Waals surface area contributed by atoms with Gasteiger partial charge in [-0.05, 0) is 64.6 Å². The van der Waals surface area contributed by atoms with Crippen LogP contribution in [0.5, 0.6) is 0 Å². The minimum Gasteiger partial charge on any atom is -0.134 e. The van der Waals surface area contributed by atoms with Crippen molar-refractivity contribution in [2.45, 2.75) is 6.92 Å². The second kappa shape index (κ2) is 7.78. The summed E-state index contributed by atoms with van der Waals surface area (Å²) in [6.45, 7) is 2.24. The van der Waals surface area contributed by atoms with Gasteiger partial charge in [0.25, 0.3) is 0 Å². The maximum Gasteiger partial charge on any atom is 0.0434 e. The van der Waals surface area contributed by atoms with Gasteiger partial charge in [0.15, 0.2) is 0 Å². The Morgan fingerprint density at radius 3 is 1.47 bits per heavy atom. The Morgan fingerprint density at radius 1 is 0.438 bits per heavy atom. The molecular weight excluding hydrogens is 404 g/mol. The van der Waals surface area contributed by atoms with Gasteiger partial charge in [0.1, 0.15) is 0 Å². The van der Waals surface area contributed by atoms with Crippen molar-refractivity contribution < 1.29 is 0 Å². The van der Waals surface area contributed by atoms with E-state index >= 15 is 0 Å². The zero-order chi connectivity index (χ0) is 21.5. The van der Waals surface area contributed by atoms with Crippen LogP contribution in [0.4, 0.5) is 0 Å². The van der Waals surface area contributed by atoms with E-state index < -0.39 is 0 Å². The average Bonchev–Trinajstić information content (AvgIpc) is 3.24. The molecule has 5 aromatic carbocycles. The van der Waals surface area contributed by atoms with Crippen molar-refractivity contribution in [1.82, 2.24) is 0 Å². The number of hydrogen-bond acceptors (Lipinski definition) is 1. The van der Waals surface area contributed by atoms with Gasteiger partial charge in [-0.2, -0.15) is 0 Å². The molecule has 0 radical (unpaired) electrons. The van der Waals surface area contributed by atoms with Gasteiger partial charge in [0.2, 0.25) is 0 Å². The number of benzene rings is 5. The first-order chi connectivity index (χ1) is 15.8. The Kier molecular flexibility index (Phi) is 4.63. The standard InChI is InChI=1S/C31H22S/c1-21-17-25(22-11-5-2-6-12-22)19-28-29-20-26(23-13-7-3-8-14-23)18-27(31(29)32-30(21)28)24-15-9-4-10-16-24/h2-20H,1H3. The topological polar surface area (TPSA) is 0 Å². The first-order valence-corrected chi connectivity index (χ1v) is 11.8. The molecule has 0 aliphatic rings. The van der Waals surface area contributed by atoms with E-state index in [9.17, 15) is 0 Å². The van der Waals surface area contributed by atoms with Crippen molar-refractivity contribution in [1.29, 1.82) is 0 Å². The smallest absolute Gasteiger partial charge is 0.0434 e. The molecule has 0 N–H and O–H groups in total. The van der Waals surface area contributed by atoms with Crippen LogP contribution in [0.15, 0.2) is 115 Å². The molecule has 1 heteroatoms. The highest BCUT2D eigenvalue weighted by molar-refractivity contribution is 7.26. The van der Waals surface area contributed by atoms with E-state index in [1.54, 1.807) is 0 Å². The molecule has 0 unspecified atom stereocenters. The first kappa shape index (κ1) is 19.0. The molecule has 1 aromatic heterocycles. The molecule has 0 spiro atoms. The summed E-state index contributed by atoms with van der Waals surface area (Å²) in [6.07, 6.45) is 0. The van der Waals surface area contributed by atoms with Gasteiger partial charge < -0.3 is 0 Å². The Morgan fingerprint density at radius 2 is 0.906 bits per heavy atom. The summed E-state index contributed by atoms with van der Waals surface area (Å²) in [7, 11) is 0.